The van der Waals surface area contributed by atoms with E-state index < -0.39 is 0 Å². The first kappa shape index (κ1) is 14.9. The Morgan fingerprint density at radius 3 is 1.60 bits per heavy atom. The summed E-state index contributed by atoms with van der Waals surface area (Å²) in [4.78, 5) is 0. The van der Waals surface area contributed by atoms with Gasteiger partial charge in [0.05, 0.1) is 25.4 Å². The highest BCUT2D eigenvalue weighted by Crippen LogP contribution is 2.25. The Labute approximate surface area is 94.1 Å². The Morgan fingerprint density at radius 1 is 0.867 bits per heavy atom. The highest BCUT2D eigenvalue weighted by molar-refractivity contribution is 4.78. The van der Waals surface area contributed by atoms with E-state index in [-0.39, 0.29) is 11.0 Å². The summed E-state index contributed by atoms with van der Waals surface area (Å²) >= 11 is 0. The summed E-state index contributed by atoms with van der Waals surface area (Å²) < 4.78 is 16.3. The highest BCUT2D eigenvalue weighted by atomic mass is 16.5. The van der Waals surface area contributed by atoms with Gasteiger partial charge in [0.2, 0.25) is 0 Å². The fraction of sp³-hybridized carbons (Fsp3) is 1.00. The summed E-state index contributed by atoms with van der Waals surface area (Å²) in [6.07, 6.45) is 0.991. The van der Waals surface area contributed by atoms with Gasteiger partial charge < -0.3 is 14.2 Å². The van der Waals surface area contributed by atoms with E-state index in [2.05, 4.69) is 27.7 Å². The molecule has 0 bridgehead atoms. The van der Waals surface area contributed by atoms with Crippen LogP contribution in [0.2, 0.25) is 0 Å². The summed E-state index contributed by atoms with van der Waals surface area (Å²) in [7, 11) is 3.44. The second-order valence-electron chi connectivity index (χ2n) is 5.12. The fourth-order valence-electron chi connectivity index (χ4n) is 1.41. The van der Waals surface area contributed by atoms with E-state index in [0.29, 0.717) is 19.8 Å². The van der Waals surface area contributed by atoms with E-state index in [1.807, 2.05) is 0 Å². The van der Waals surface area contributed by atoms with Crippen LogP contribution in [-0.2, 0) is 14.2 Å². The predicted molar refractivity (Wildman–Crippen MR) is 62.2 cm³/mol. The molecule has 0 saturated heterocycles. The van der Waals surface area contributed by atoms with Gasteiger partial charge >= 0.3 is 0 Å². The van der Waals surface area contributed by atoms with Crippen LogP contribution in [0.1, 0.15) is 34.1 Å². The van der Waals surface area contributed by atoms with Crippen LogP contribution in [0.5, 0.6) is 0 Å². The van der Waals surface area contributed by atoms with Gasteiger partial charge in [0.15, 0.2) is 0 Å². The Balaban J connectivity index is 4.33. The molecule has 0 fully saturated rings. The molecule has 0 aliphatic heterocycles. The van der Waals surface area contributed by atoms with Crippen LogP contribution in [0.25, 0.3) is 0 Å². The van der Waals surface area contributed by atoms with Crippen molar-refractivity contribution in [2.45, 2.75) is 39.7 Å². The number of ether oxygens (including phenoxy) is 3. The van der Waals surface area contributed by atoms with Crippen LogP contribution in [0.15, 0.2) is 0 Å². The summed E-state index contributed by atoms with van der Waals surface area (Å²) in [6, 6.07) is 0. The normalized spacial score (nSPS) is 13.2. The Hall–Kier alpha value is -0.120. The van der Waals surface area contributed by atoms with Crippen molar-refractivity contribution in [3.63, 3.8) is 0 Å². The van der Waals surface area contributed by atoms with Gasteiger partial charge in [0, 0.05) is 19.6 Å². The lowest BCUT2D eigenvalue weighted by Gasteiger charge is -2.34. The molecule has 0 N–H and O–H groups in total. The van der Waals surface area contributed by atoms with E-state index in [1.165, 1.54) is 0 Å². The zero-order valence-corrected chi connectivity index (χ0v) is 11.1. The fourth-order valence-corrected chi connectivity index (χ4v) is 1.41. The molecule has 0 saturated carbocycles. The van der Waals surface area contributed by atoms with Crippen molar-refractivity contribution in [3.05, 3.63) is 0 Å². The summed E-state index contributed by atoms with van der Waals surface area (Å²) in [5.41, 5.74) is -0.126. The van der Waals surface area contributed by atoms with Crippen molar-refractivity contribution in [1.82, 2.24) is 0 Å². The van der Waals surface area contributed by atoms with Crippen molar-refractivity contribution >= 4 is 0 Å². The Bertz CT molecular complexity index is 155. The van der Waals surface area contributed by atoms with Crippen molar-refractivity contribution in [1.29, 1.82) is 0 Å². The molecule has 0 aromatic heterocycles. The van der Waals surface area contributed by atoms with Crippen LogP contribution >= 0.6 is 0 Å². The molecule has 3 nitrogen and oxygen atoms in total. The minimum absolute atomic E-state index is 0.0171. The molecular formula is C12H26O3. The van der Waals surface area contributed by atoms with Gasteiger partial charge in [0.1, 0.15) is 0 Å². The molecule has 0 atom stereocenters. The topological polar surface area (TPSA) is 27.7 Å². The van der Waals surface area contributed by atoms with E-state index in [1.54, 1.807) is 14.2 Å². The third kappa shape index (κ3) is 6.13. The standard InChI is InChI=1S/C12H26O3/c1-7-12(8-13-5,9-14-6)10-15-11(2,3)4/h7-10H2,1-6H3. The molecule has 0 aromatic rings. The maximum Gasteiger partial charge on any atom is 0.0598 e. The molecular weight excluding hydrogens is 192 g/mol. The van der Waals surface area contributed by atoms with E-state index in [9.17, 15) is 0 Å². The molecule has 0 heterocycles. The zero-order valence-electron chi connectivity index (χ0n) is 11.1. The first-order valence-corrected chi connectivity index (χ1v) is 5.51. The molecule has 0 aliphatic carbocycles. The lowest BCUT2D eigenvalue weighted by Crippen LogP contribution is -2.39. The lowest BCUT2D eigenvalue weighted by molar-refractivity contribution is -0.0976. The maximum absolute atomic E-state index is 5.83. The summed E-state index contributed by atoms with van der Waals surface area (Å²) in [5, 5.41) is 0. The maximum atomic E-state index is 5.83. The number of hydrogen-bond donors (Lipinski definition) is 0. The summed E-state index contributed by atoms with van der Waals surface area (Å²) in [5.74, 6) is 0. The second kappa shape index (κ2) is 6.46. The smallest absolute Gasteiger partial charge is 0.0598 e. The molecule has 15 heavy (non-hydrogen) atoms. The number of rotatable bonds is 7. The van der Waals surface area contributed by atoms with Crippen molar-refractivity contribution in [2.24, 2.45) is 5.41 Å². The van der Waals surface area contributed by atoms with Crippen LogP contribution in [-0.4, -0.2) is 39.6 Å². The first-order chi connectivity index (χ1) is 6.89. The van der Waals surface area contributed by atoms with E-state index >= 15 is 0 Å². The van der Waals surface area contributed by atoms with E-state index in [0.717, 1.165) is 6.42 Å². The zero-order chi connectivity index (χ0) is 11.9. The average molecular weight is 218 g/mol. The van der Waals surface area contributed by atoms with Gasteiger partial charge in [-0.1, -0.05) is 6.92 Å². The first-order valence-electron chi connectivity index (χ1n) is 5.51. The minimum atomic E-state index is -0.109. The Morgan fingerprint density at radius 2 is 1.33 bits per heavy atom. The number of hydrogen-bond acceptors (Lipinski definition) is 3. The van der Waals surface area contributed by atoms with E-state index in [4.69, 9.17) is 14.2 Å². The third-order valence-electron chi connectivity index (χ3n) is 2.46. The van der Waals surface area contributed by atoms with Gasteiger partial charge in [-0.3, -0.25) is 0 Å². The summed E-state index contributed by atoms with van der Waals surface area (Å²) in [6.45, 7) is 10.4. The second-order valence-corrected chi connectivity index (χ2v) is 5.12. The molecule has 0 unspecified atom stereocenters. The van der Waals surface area contributed by atoms with Gasteiger partial charge in [-0.2, -0.15) is 0 Å². The van der Waals surface area contributed by atoms with Gasteiger partial charge in [-0.25, -0.2) is 0 Å². The minimum Gasteiger partial charge on any atom is -0.384 e. The van der Waals surface area contributed by atoms with Crippen molar-refractivity contribution in [3.8, 4) is 0 Å². The van der Waals surface area contributed by atoms with Gasteiger partial charge in [0.25, 0.3) is 0 Å². The lowest BCUT2D eigenvalue weighted by atomic mass is 9.87. The molecule has 0 aliphatic rings. The highest BCUT2D eigenvalue weighted by Gasteiger charge is 2.30. The number of methoxy groups -OCH3 is 2. The largest absolute Gasteiger partial charge is 0.384 e. The van der Waals surface area contributed by atoms with Gasteiger partial charge in [-0.15, -0.1) is 0 Å². The van der Waals surface area contributed by atoms with Crippen LogP contribution in [0, 0.1) is 5.41 Å². The third-order valence-corrected chi connectivity index (χ3v) is 2.46. The van der Waals surface area contributed by atoms with Gasteiger partial charge in [-0.05, 0) is 27.2 Å². The monoisotopic (exact) mass is 218 g/mol. The molecule has 3 heteroatoms. The van der Waals surface area contributed by atoms with Crippen LogP contribution < -0.4 is 0 Å². The van der Waals surface area contributed by atoms with Crippen molar-refractivity contribution < 1.29 is 14.2 Å². The molecule has 0 amide bonds. The van der Waals surface area contributed by atoms with Crippen LogP contribution in [0.3, 0.4) is 0 Å². The predicted octanol–water partition coefficient (Wildman–Crippen LogP) is 2.49. The molecule has 0 rings (SSSR count). The molecule has 92 valence electrons. The van der Waals surface area contributed by atoms with Crippen LogP contribution in [0.4, 0.5) is 0 Å². The molecule has 0 radical (unpaired) electrons. The molecule has 0 aromatic carbocycles. The molecule has 0 spiro atoms. The average Bonchev–Trinajstić information content (AvgIpc) is 2.14. The van der Waals surface area contributed by atoms with Crippen molar-refractivity contribution in [2.75, 3.05) is 34.0 Å². The Kier molecular flexibility index (Phi) is 6.41. The quantitative estimate of drug-likeness (QED) is 0.657. The SMILES string of the molecule is CCC(COC)(COC)COC(C)(C)C.